The van der Waals surface area contributed by atoms with Gasteiger partial charge in [-0.3, -0.25) is 4.79 Å². The quantitative estimate of drug-likeness (QED) is 0.384. The second-order valence-corrected chi connectivity index (χ2v) is 7.32. The maximum Gasteiger partial charge on any atom is 0.343 e. The zero-order valence-corrected chi connectivity index (χ0v) is 17.6. The van der Waals surface area contributed by atoms with Gasteiger partial charge in [0.1, 0.15) is 10.7 Å². The average Bonchev–Trinajstić information content (AvgIpc) is 3.00. The molecule has 3 aromatic rings. The zero-order chi connectivity index (χ0) is 21.0. The number of carbonyl (C=O) groups excluding carboxylic acids is 2. The molecule has 0 spiro atoms. The summed E-state index contributed by atoms with van der Waals surface area (Å²) >= 11 is 12.5. The molecule has 0 unspecified atom stereocenters. The fourth-order valence-corrected chi connectivity index (χ4v) is 3.40. The lowest BCUT2D eigenvalue weighted by Crippen LogP contribution is -2.15. The minimum atomic E-state index is -0.684. The summed E-state index contributed by atoms with van der Waals surface area (Å²) in [7, 11) is 0. The van der Waals surface area contributed by atoms with E-state index in [0.29, 0.717) is 22.8 Å². The molecule has 0 bridgehead atoms. The van der Waals surface area contributed by atoms with Crippen LogP contribution in [0.3, 0.4) is 0 Å². The lowest BCUT2D eigenvalue weighted by molar-refractivity contribution is 0.0474. The normalized spacial score (nSPS) is 10.8. The van der Waals surface area contributed by atoms with Crippen LogP contribution in [-0.4, -0.2) is 28.1 Å². The van der Waals surface area contributed by atoms with E-state index in [2.05, 4.69) is 5.10 Å². The molecule has 0 amide bonds. The van der Waals surface area contributed by atoms with Gasteiger partial charge in [0.05, 0.1) is 12.2 Å². The number of rotatable bonds is 7. The van der Waals surface area contributed by atoms with E-state index in [4.69, 9.17) is 27.9 Å². The first-order valence-electron chi connectivity index (χ1n) is 9.16. The molecule has 29 heavy (non-hydrogen) atoms. The van der Waals surface area contributed by atoms with Crippen molar-refractivity contribution in [2.24, 2.45) is 0 Å². The van der Waals surface area contributed by atoms with Crippen molar-refractivity contribution in [3.8, 4) is 0 Å². The van der Waals surface area contributed by atoms with Crippen LogP contribution in [0.25, 0.3) is 0 Å². The third kappa shape index (κ3) is 4.86. The van der Waals surface area contributed by atoms with E-state index in [1.165, 1.54) is 4.68 Å². The van der Waals surface area contributed by atoms with Gasteiger partial charge in [-0.05, 0) is 30.5 Å². The van der Waals surface area contributed by atoms with Gasteiger partial charge in [-0.25, -0.2) is 9.48 Å². The van der Waals surface area contributed by atoms with E-state index in [1.54, 1.807) is 25.1 Å². The standard InChI is InChI=1S/C22H20Cl2N2O3/c1-3-15-8-10-16(11-9-15)19(27)13-29-22(28)20-14(2)25-26(21(20)24)12-17-6-4-5-7-18(17)23/h4-11H,3,12-13H2,1-2H3. The first kappa shape index (κ1) is 21.1. The highest BCUT2D eigenvalue weighted by molar-refractivity contribution is 6.33. The lowest BCUT2D eigenvalue weighted by Gasteiger charge is -2.07. The van der Waals surface area contributed by atoms with Crippen molar-refractivity contribution >= 4 is 35.0 Å². The Balaban J connectivity index is 1.70. The third-order valence-corrected chi connectivity index (χ3v) is 5.32. The van der Waals surface area contributed by atoms with Crippen molar-refractivity contribution in [2.45, 2.75) is 26.8 Å². The van der Waals surface area contributed by atoms with E-state index in [1.807, 2.05) is 37.3 Å². The Bertz CT molecular complexity index is 1040. The number of ether oxygens (including phenoxy) is 1. The smallest absolute Gasteiger partial charge is 0.343 e. The summed E-state index contributed by atoms with van der Waals surface area (Å²) in [5.74, 6) is -0.963. The Morgan fingerprint density at radius 2 is 1.76 bits per heavy atom. The van der Waals surface area contributed by atoms with E-state index >= 15 is 0 Å². The van der Waals surface area contributed by atoms with Crippen LogP contribution in [-0.2, 0) is 17.7 Å². The number of benzene rings is 2. The molecule has 2 aromatic carbocycles. The Kier molecular flexibility index (Phi) is 6.72. The van der Waals surface area contributed by atoms with Crippen LogP contribution in [0.2, 0.25) is 10.2 Å². The van der Waals surface area contributed by atoms with Crippen LogP contribution in [0.4, 0.5) is 0 Å². The van der Waals surface area contributed by atoms with Gasteiger partial charge < -0.3 is 4.74 Å². The largest absolute Gasteiger partial charge is 0.454 e. The first-order valence-corrected chi connectivity index (χ1v) is 9.91. The van der Waals surface area contributed by atoms with Crippen LogP contribution >= 0.6 is 23.2 Å². The fraction of sp³-hybridized carbons (Fsp3) is 0.227. The summed E-state index contributed by atoms with van der Waals surface area (Å²) in [5, 5.41) is 5.04. The summed E-state index contributed by atoms with van der Waals surface area (Å²) in [6, 6.07) is 14.6. The molecular formula is C22H20Cl2N2O3. The number of carbonyl (C=O) groups is 2. The van der Waals surface area contributed by atoms with Crippen LogP contribution in [0.15, 0.2) is 48.5 Å². The van der Waals surface area contributed by atoms with Gasteiger partial charge in [0.25, 0.3) is 0 Å². The summed E-state index contributed by atoms with van der Waals surface area (Å²) in [6.07, 6.45) is 0.888. The zero-order valence-electron chi connectivity index (χ0n) is 16.1. The molecule has 0 saturated carbocycles. The Hall–Kier alpha value is -2.63. The second kappa shape index (κ2) is 9.25. The highest BCUT2D eigenvalue weighted by atomic mass is 35.5. The molecule has 0 aliphatic heterocycles. The molecule has 7 heteroatoms. The van der Waals surface area contributed by atoms with Crippen molar-refractivity contribution in [1.82, 2.24) is 9.78 Å². The van der Waals surface area contributed by atoms with Gasteiger partial charge in [-0.1, -0.05) is 72.6 Å². The van der Waals surface area contributed by atoms with Crippen molar-refractivity contribution in [1.29, 1.82) is 0 Å². The third-order valence-electron chi connectivity index (χ3n) is 4.57. The number of aromatic nitrogens is 2. The molecule has 0 N–H and O–H groups in total. The van der Waals surface area contributed by atoms with E-state index in [9.17, 15) is 9.59 Å². The number of hydrogen-bond donors (Lipinski definition) is 0. The highest BCUT2D eigenvalue weighted by Crippen LogP contribution is 2.24. The van der Waals surface area contributed by atoms with Crippen molar-refractivity contribution < 1.29 is 14.3 Å². The first-order chi connectivity index (χ1) is 13.9. The number of halogens is 2. The topological polar surface area (TPSA) is 61.2 Å². The highest BCUT2D eigenvalue weighted by Gasteiger charge is 2.23. The van der Waals surface area contributed by atoms with Gasteiger partial charge in [0, 0.05) is 10.6 Å². The van der Waals surface area contributed by atoms with Crippen molar-refractivity contribution in [3.63, 3.8) is 0 Å². The maximum atomic E-state index is 12.5. The summed E-state index contributed by atoms with van der Waals surface area (Å²) in [4.78, 5) is 24.8. The van der Waals surface area contributed by atoms with Crippen molar-refractivity contribution in [3.05, 3.63) is 86.7 Å². The van der Waals surface area contributed by atoms with E-state index < -0.39 is 5.97 Å². The minimum Gasteiger partial charge on any atom is -0.454 e. The summed E-state index contributed by atoms with van der Waals surface area (Å²) in [6.45, 7) is 3.65. The summed E-state index contributed by atoms with van der Waals surface area (Å²) < 4.78 is 6.68. The molecule has 0 atom stereocenters. The van der Waals surface area contributed by atoms with Crippen LogP contribution in [0.5, 0.6) is 0 Å². The number of esters is 1. The number of ketones is 1. The lowest BCUT2D eigenvalue weighted by atomic mass is 10.1. The van der Waals surface area contributed by atoms with Gasteiger partial charge in [-0.2, -0.15) is 5.10 Å². The Morgan fingerprint density at radius 3 is 2.41 bits per heavy atom. The summed E-state index contributed by atoms with van der Waals surface area (Å²) in [5.41, 5.74) is 3.02. The number of Topliss-reactive ketones (excluding diaryl/α,β-unsaturated/α-hetero) is 1. The van der Waals surface area contributed by atoms with E-state index in [-0.39, 0.29) is 23.1 Å². The van der Waals surface area contributed by atoms with Gasteiger partial charge in [-0.15, -0.1) is 0 Å². The van der Waals surface area contributed by atoms with E-state index in [0.717, 1.165) is 17.5 Å². The minimum absolute atomic E-state index is 0.146. The average molecular weight is 431 g/mol. The van der Waals surface area contributed by atoms with Crippen molar-refractivity contribution in [2.75, 3.05) is 6.61 Å². The van der Waals surface area contributed by atoms with Gasteiger partial charge >= 0.3 is 5.97 Å². The molecular weight excluding hydrogens is 411 g/mol. The van der Waals surface area contributed by atoms with Crippen LogP contribution < -0.4 is 0 Å². The molecule has 0 radical (unpaired) electrons. The number of hydrogen-bond acceptors (Lipinski definition) is 4. The monoisotopic (exact) mass is 430 g/mol. The number of aryl methyl sites for hydroxylation is 2. The molecule has 0 aliphatic carbocycles. The molecule has 1 aromatic heterocycles. The molecule has 3 rings (SSSR count). The van der Waals surface area contributed by atoms with Gasteiger partial charge in [0.15, 0.2) is 12.4 Å². The number of nitrogens with zero attached hydrogens (tertiary/aromatic N) is 2. The molecule has 0 saturated heterocycles. The van der Waals surface area contributed by atoms with Crippen LogP contribution in [0, 0.1) is 6.92 Å². The maximum absolute atomic E-state index is 12.5. The van der Waals surface area contributed by atoms with Crippen LogP contribution in [0.1, 0.15) is 44.5 Å². The fourth-order valence-electron chi connectivity index (χ4n) is 2.89. The SMILES string of the molecule is CCc1ccc(C(=O)COC(=O)c2c(C)nn(Cc3ccccc3Cl)c2Cl)cc1. The predicted octanol–water partition coefficient (Wildman–Crippen LogP) is 5.15. The van der Waals surface area contributed by atoms with Gasteiger partial charge in [0.2, 0.25) is 0 Å². The Labute approximate surface area is 179 Å². The Morgan fingerprint density at radius 1 is 1.07 bits per heavy atom. The molecule has 150 valence electrons. The predicted molar refractivity (Wildman–Crippen MR) is 113 cm³/mol. The molecule has 0 fully saturated rings. The molecule has 1 heterocycles. The molecule has 5 nitrogen and oxygen atoms in total. The second-order valence-electron chi connectivity index (χ2n) is 6.55. The molecule has 0 aliphatic rings.